The van der Waals surface area contributed by atoms with Crippen molar-refractivity contribution in [2.45, 2.75) is 44.6 Å². The second-order valence-corrected chi connectivity index (χ2v) is 6.70. The topological polar surface area (TPSA) is 55.4 Å². The van der Waals surface area contributed by atoms with Gasteiger partial charge in [0.25, 0.3) is 5.91 Å². The number of hydrogen-bond acceptors (Lipinski definition) is 3. The number of ether oxygens (including phenoxy) is 1. The molecule has 1 atom stereocenters. The van der Waals surface area contributed by atoms with Crippen molar-refractivity contribution in [1.82, 2.24) is 5.32 Å². The van der Waals surface area contributed by atoms with Crippen LogP contribution < -0.4 is 10.1 Å². The van der Waals surface area contributed by atoms with Gasteiger partial charge in [-0.2, -0.15) is 0 Å². The van der Waals surface area contributed by atoms with Crippen LogP contribution in [-0.4, -0.2) is 24.8 Å². The normalized spacial score (nSPS) is 18.9. The van der Waals surface area contributed by atoms with Crippen LogP contribution in [-0.2, 0) is 17.6 Å². The molecule has 0 saturated carbocycles. The summed E-state index contributed by atoms with van der Waals surface area (Å²) in [7, 11) is 0. The zero-order valence-electron chi connectivity index (χ0n) is 14.9. The van der Waals surface area contributed by atoms with Crippen molar-refractivity contribution in [2.24, 2.45) is 0 Å². The zero-order chi connectivity index (χ0) is 18.2. The molecule has 1 aliphatic rings. The van der Waals surface area contributed by atoms with Gasteiger partial charge in [0.05, 0.1) is 18.2 Å². The number of fused-ring (bicyclic) bond motifs is 2. The van der Waals surface area contributed by atoms with Crippen LogP contribution in [0.5, 0.6) is 5.75 Å². The number of para-hydroxylation sites is 1. The van der Waals surface area contributed by atoms with Crippen LogP contribution in [0, 0.1) is 0 Å². The standard InChI is InChI=1S/C22H25NO3/c24-16-19-15-18-11-5-4-10-17(18)9-3-1-2-8-14-26-21-13-7-6-12-20(21)22(25)23-19/h4-7,10-13,16,19H,1-3,8-9,14-15H2,(H,23,25). The number of aryl methyl sites for hydroxylation is 1. The van der Waals surface area contributed by atoms with E-state index in [9.17, 15) is 9.59 Å². The summed E-state index contributed by atoms with van der Waals surface area (Å²) in [5, 5.41) is 2.85. The van der Waals surface area contributed by atoms with Gasteiger partial charge >= 0.3 is 0 Å². The fourth-order valence-corrected chi connectivity index (χ4v) is 3.35. The second kappa shape index (κ2) is 9.18. The smallest absolute Gasteiger partial charge is 0.255 e. The predicted molar refractivity (Wildman–Crippen MR) is 102 cm³/mol. The Hall–Kier alpha value is -2.62. The number of nitrogens with one attached hydrogen (secondary N) is 1. The van der Waals surface area contributed by atoms with Gasteiger partial charge in [0.15, 0.2) is 0 Å². The third kappa shape index (κ3) is 4.72. The number of benzene rings is 2. The van der Waals surface area contributed by atoms with Crippen LogP contribution in [0.25, 0.3) is 0 Å². The Morgan fingerprint density at radius 2 is 1.65 bits per heavy atom. The molecule has 0 radical (unpaired) electrons. The Bertz CT molecular complexity index is 757. The number of hydrogen-bond donors (Lipinski definition) is 1. The number of rotatable bonds is 1. The Kier molecular flexibility index (Phi) is 6.42. The molecule has 1 amide bonds. The van der Waals surface area contributed by atoms with E-state index in [0.29, 0.717) is 24.3 Å². The van der Waals surface area contributed by atoms with Crippen LogP contribution in [0.1, 0.15) is 47.2 Å². The van der Waals surface area contributed by atoms with E-state index in [1.54, 1.807) is 18.2 Å². The highest BCUT2D eigenvalue weighted by atomic mass is 16.5. The molecule has 0 spiro atoms. The lowest BCUT2D eigenvalue weighted by Gasteiger charge is -2.16. The molecule has 2 aromatic rings. The fourth-order valence-electron chi connectivity index (χ4n) is 3.35. The van der Waals surface area contributed by atoms with E-state index in [0.717, 1.165) is 44.0 Å². The maximum absolute atomic E-state index is 12.7. The van der Waals surface area contributed by atoms with Crippen molar-refractivity contribution in [2.75, 3.05) is 6.61 Å². The maximum atomic E-state index is 12.7. The van der Waals surface area contributed by atoms with Gasteiger partial charge in [0.1, 0.15) is 12.0 Å². The number of carbonyl (C=O) groups is 2. The SMILES string of the molecule is O=CC1Cc2ccccc2CCCCCCOc2ccccc2C(=O)N1. The molecule has 1 unspecified atom stereocenters. The highest BCUT2D eigenvalue weighted by Crippen LogP contribution is 2.20. The van der Waals surface area contributed by atoms with E-state index >= 15 is 0 Å². The molecule has 4 heteroatoms. The predicted octanol–water partition coefficient (Wildman–Crippen LogP) is 3.72. The Balaban J connectivity index is 1.86. The van der Waals surface area contributed by atoms with Gasteiger partial charge in [0, 0.05) is 0 Å². The van der Waals surface area contributed by atoms with Crippen molar-refractivity contribution in [3.63, 3.8) is 0 Å². The molecule has 136 valence electrons. The van der Waals surface area contributed by atoms with E-state index in [1.165, 1.54) is 5.56 Å². The fraction of sp³-hybridized carbons (Fsp3) is 0.364. The third-order valence-corrected chi connectivity index (χ3v) is 4.77. The van der Waals surface area contributed by atoms with Gasteiger partial charge in [0.2, 0.25) is 0 Å². The van der Waals surface area contributed by atoms with Gasteiger partial charge in [-0.1, -0.05) is 49.2 Å². The molecule has 1 N–H and O–H groups in total. The average Bonchev–Trinajstić information content (AvgIpc) is 2.67. The lowest BCUT2D eigenvalue weighted by molar-refractivity contribution is -0.109. The monoisotopic (exact) mass is 351 g/mol. The molecule has 1 heterocycles. The molecule has 0 aliphatic carbocycles. The lowest BCUT2D eigenvalue weighted by Crippen LogP contribution is -2.38. The molecule has 0 bridgehead atoms. The molecular weight excluding hydrogens is 326 g/mol. The molecular formula is C22H25NO3. The van der Waals surface area contributed by atoms with Crippen LogP contribution in [0.3, 0.4) is 0 Å². The average molecular weight is 351 g/mol. The summed E-state index contributed by atoms with van der Waals surface area (Å²) >= 11 is 0. The summed E-state index contributed by atoms with van der Waals surface area (Å²) in [5.74, 6) is 0.301. The van der Waals surface area contributed by atoms with Gasteiger partial charge in [-0.25, -0.2) is 0 Å². The molecule has 3 rings (SSSR count). The van der Waals surface area contributed by atoms with E-state index in [4.69, 9.17) is 4.74 Å². The first-order chi connectivity index (χ1) is 12.8. The molecule has 0 aromatic heterocycles. The number of amides is 1. The summed E-state index contributed by atoms with van der Waals surface area (Å²) in [5.41, 5.74) is 2.87. The summed E-state index contributed by atoms with van der Waals surface area (Å²) < 4.78 is 5.82. The summed E-state index contributed by atoms with van der Waals surface area (Å²) in [6.45, 7) is 0.595. The number of aldehydes is 1. The highest BCUT2D eigenvalue weighted by molar-refractivity contribution is 5.98. The van der Waals surface area contributed by atoms with Crippen molar-refractivity contribution < 1.29 is 14.3 Å². The first-order valence-corrected chi connectivity index (χ1v) is 9.32. The Labute approximate surface area is 154 Å². The van der Waals surface area contributed by atoms with Crippen molar-refractivity contribution in [3.8, 4) is 5.75 Å². The molecule has 26 heavy (non-hydrogen) atoms. The minimum Gasteiger partial charge on any atom is -0.493 e. The van der Waals surface area contributed by atoms with Crippen LogP contribution in [0.4, 0.5) is 0 Å². The Morgan fingerprint density at radius 3 is 2.50 bits per heavy atom. The molecule has 0 saturated heterocycles. The van der Waals surface area contributed by atoms with E-state index in [1.807, 2.05) is 24.3 Å². The highest BCUT2D eigenvalue weighted by Gasteiger charge is 2.18. The summed E-state index contributed by atoms with van der Waals surface area (Å²) in [6.07, 6.45) is 6.66. The van der Waals surface area contributed by atoms with Gasteiger partial charge in [-0.15, -0.1) is 0 Å². The second-order valence-electron chi connectivity index (χ2n) is 6.70. The quantitative estimate of drug-likeness (QED) is 0.797. The number of carbonyl (C=O) groups excluding carboxylic acids is 2. The van der Waals surface area contributed by atoms with Crippen LogP contribution >= 0.6 is 0 Å². The van der Waals surface area contributed by atoms with Crippen LogP contribution in [0.2, 0.25) is 0 Å². The van der Waals surface area contributed by atoms with Gasteiger partial charge in [-0.05, 0) is 48.9 Å². The van der Waals surface area contributed by atoms with E-state index in [2.05, 4.69) is 11.4 Å². The molecule has 2 aromatic carbocycles. The van der Waals surface area contributed by atoms with Crippen molar-refractivity contribution in [3.05, 3.63) is 65.2 Å². The Morgan fingerprint density at radius 1 is 0.923 bits per heavy atom. The third-order valence-electron chi connectivity index (χ3n) is 4.77. The van der Waals surface area contributed by atoms with Gasteiger partial charge < -0.3 is 14.8 Å². The lowest BCUT2D eigenvalue weighted by atomic mass is 9.96. The van der Waals surface area contributed by atoms with Crippen LogP contribution in [0.15, 0.2) is 48.5 Å². The molecule has 1 aliphatic heterocycles. The maximum Gasteiger partial charge on any atom is 0.255 e. The minimum atomic E-state index is -0.554. The summed E-state index contributed by atoms with van der Waals surface area (Å²) in [4.78, 5) is 24.3. The first-order valence-electron chi connectivity index (χ1n) is 9.32. The molecule has 4 nitrogen and oxygen atoms in total. The van der Waals surface area contributed by atoms with E-state index < -0.39 is 6.04 Å². The first kappa shape index (κ1) is 18.2. The molecule has 0 fully saturated rings. The zero-order valence-corrected chi connectivity index (χ0v) is 14.9. The van der Waals surface area contributed by atoms with Gasteiger partial charge in [-0.3, -0.25) is 4.79 Å². The summed E-state index contributed by atoms with van der Waals surface area (Å²) in [6, 6.07) is 14.8. The minimum absolute atomic E-state index is 0.273. The largest absolute Gasteiger partial charge is 0.493 e. The van der Waals surface area contributed by atoms with E-state index in [-0.39, 0.29) is 5.91 Å². The van der Waals surface area contributed by atoms with Crippen molar-refractivity contribution >= 4 is 12.2 Å². The van der Waals surface area contributed by atoms with Crippen molar-refractivity contribution in [1.29, 1.82) is 0 Å².